The molecule has 2 N–H and O–H groups in total. The molecule has 3 aliphatic carbocycles. The summed E-state index contributed by atoms with van der Waals surface area (Å²) in [5, 5.41) is 0. The number of fused-ring (bicyclic) bond motifs is 3. The van der Waals surface area contributed by atoms with E-state index in [1.165, 1.54) is 57.8 Å². The van der Waals surface area contributed by atoms with Gasteiger partial charge in [0.25, 0.3) is 0 Å². The Morgan fingerprint density at radius 3 is 1.94 bits per heavy atom. The second-order valence-electron chi connectivity index (χ2n) is 6.76. The number of rotatable bonds is 5. The van der Waals surface area contributed by atoms with Gasteiger partial charge in [0.1, 0.15) is 0 Å². The van der Waals surface area contributed by atoms with Crippen LogP contribution in [0.4, 0.5) is 0 Å². The third kappa shape index (κ3) is 2.16. The van der Waals surface area contributed by atoms with Crippen molar-refractivity contribution in [3.8, 4) is 0 Å². The molecule has 0 atom stereocenters. The summed E-state index contributed by atoms with van der Waals surface area (Å²) < 4.78 is 0. The van der Waals surface area contributed by atoms with Crippen molar-refractivity contribution < 1.29 is 0 Å². The first-order valence-corrected chi connectivity index (χ1v) is 7.33. The average molecular weight is 223 g/mol. The van der Waals surface area contributed by atoms with Gasteiger partial charge in [-0.2, -0.15) is 0 Å². The van der Waals surface area contributed by atoms with Crippen LogP contribution in [0.25, 0.3) is 0 Å². The van der Waals surface area contributed by atoms with Crippen LogP contribution in [0.3, 0.4) is 0 Å². The van der Waals surface area contributed by atoms with Gasteiger partial charge in [0.2, 0.25) is 0 Å². The lowest BCUT2D eigenvalue weighted by molar-refractivity contribution is -0.0434. The molecule has 94 valence electrons. The molecule has 0 heterocycles. The molecular formula is C15H29N. The average Bonchev–Trinajstić information content (AvgIpc) is 2.31. The summed E-state index contributed by atoms with van der Waals surface area (Å²) in [5.41, 5.74) is 7.07. The summed E-state index contributed by atoms with van der Waals surface area (Å²) >= 11 is 0. The summed E-state index contributed by atoms with van der Waals surface area (Å²) in [6.07, 6.45) is 13.1. The van der Waals surface area contributed by atoms with E-state index >= 15 is 0 Å². The van der Waals surface area contributed by atoms with E-state index in [-0.39, 0.29) is 0 Å². The third-order valence-corrected chi connectivity index (χ3v) is 5.85. The van der Waals surface area contributed by atoms with E-state index in [0.29, 0.717) is 0 Å². The summed E-state index contributed by atoms with van der Waals surface area (Å²) in [5.74, 6) is 0.898. The molecule has 1 heteroatoms. The van der Waals surface area contributed by atoms with Gasteiger partial charge >= 0.3 is 0 Å². The first-order valence-electron chi connectivity index (χ1n) is 7.33. The molecule has 3 aliphatic rings. The van der Waals surface area contributed by atoms with Gasteiger partial charge in [-0.05, 0) is 74.7 Å². The fourth-order valence-electron chi connectivity index (χ4n) is 4.18. The maximum atomic E-state index is 5.60. The predicted octanol–water partition coefficient (Wildman–Crippen LogP) is 4.11. The summed E-state index contributed by atoms with van der Waals surface area (Å²) in [4.78, 5) is 0. The minimum absolute atomic E-state index is 0.732. The van der Waals surface area contributed by atoms with Crippen LogP contribution in [0, 0.1) is 16.7 Å². The van der Waals surface area contributed by atoms with Gasteiger partial charge in [0.15, 0.2) is 0 Å². The largest absolute Gasteiger partial charge is 0.330 e. The normalized spacial score (nSPS) is 38.2. The topological polar surface area (TPSA) is 26.0 Å². The smallest absolute Gasteiger partial charge is 0.00773 e. The van der Waals surface area contributed by atoms with Gasteiger partial charge in [-0.3, -0.25) is 0 Å². The molecule has 3 saturated carbocycles. The van der Waals surface area contributed by atoms with E-state index in [2.05, 4.69) is 13.8 Å². The molecular weight excluding hydrogens is 194 g/mol. The Hall–Kier alpha value is -0.0400. The standard InChI is InChI=1S/C15H29N/c1-13(2)15-9-6-14(7-10-15,8-11-15)5-3-4-12-16/h13H,3-12,16H2,1-2H3. The van der Waals surface area contributed by atoms with Crippen LogP contribution in [-0.4, -0.2) is 6.54 Å². The number of nitrogens with two attached hydrogens (primary N) is 1. The molecule has 0 radical (unpaired) electrons. The quantitative estimate of drug-likeness (QED) is 0.697. The van der Waals surface area contributed by atoms with Gasteiger partial charge in [-0.1, -0.05) is 20.3 Å². The number of unbranched alkanes of at least 4 members (excludes halogenated alkanes) is 1. The highest BCUT2D eigenvalue weighted by Gasteiger charge is 2.48. The minimum atomic E-state index is 0.732. The lowest BCUT2D eigenvalue weighted by Crippen LogP contribution is -2.44. The molecule has 0 unspecified atom stereocenters. The molecule has 0 aromatic rings. The Morgan fingerprint density at radius 2 is 1.50 bits per heavy atom. The molecule has 0 saturated heterocycles. The SMILES string of the molecule is CC(C)C12CCC(CCCCN)(CC1)CC2. The van der Waals surface area contributed by atoms with Gasteiger partial charge in [-0.15, -0.1) is 0 Å². The van der Waals surface area contributed by atoms with Crippen molar-refractivity contribution in [2.45, 2.75) is 71.6 Å². The zero-order chi connectivity index (χ0) is 11.6. The van der Waals surface area contributed by atoms with Crippen LogP contribution in [0.5, 0.6) is 0 Å². The molecule has 2 bridgehead atoms. The number of hydrogen-bond acceptors (Lipinski definition) is 1. The highest BCUT2D eigenvalue weighted by Crippen LogP contribution is 2.61. The van der Waals surface area contributed by atoms with Crippen molar-refractivity contribution in [3.05, 3.63) is 0 Å². The zero-order valence-corrected chi connectivity index (χ0v) is 11.2. The zero-order valence-electron chi connectivity index (χ0n) is 11.2. The molecule has 0 aromatic carbocycles. The number of hydrogen-bond donors (Lipinski definition) is 1. The second-order valence-corrected chi connectivity index (χ2v) is 6.76. The monoisotopic (exact) mass is 223 g/mol. The predicted molar refractivity (Wildman–Crippen MR) is 70.3 cm³/mol. The lowest BCUT2D eigenvalue weighted by Gasteiger charge is -2.56. The second kappa shape index (κ2) is 4.68. The van der Waals surface area contributed by atoms with E-state index in [0.717, 1.165) is 23.3 Å². The van der Waals surface area contributed by atoms with Gasteiger partial charge in [0, 0.05) is 0 Å². The van der Waals surface area contributed by atoms with Crippen LogP contribution in [0.2, 0.25) is 0 Å². The van der Waals surface area contributed by atoms with Crippen LogP contribution in [-0.2, 0) is 0 Å². The summed E-state index contributed by atoms with van der Waals surface area (Å²) in [6.45, 7) is 5.76. The van der Waals surface area contributed by atoms with E-state index in [1.54, 1.807) is 0 Å². The van der Waals surface area contributed by atoms with Crippen molar-refractivity contribution in [1.29, 1.82) is 0 Å². The van der Waals surface area contributed by atoms with Crippen LogP contribution < -0.4 is 5.73 Å². The Morgan fingerprint density at radius 1 is 0.938 bits per heavy atom. The first kappa shape index (κ1) is 12.4. The molecule has 0 aromatic heterocycles. The van der Waals surface area contributed by atoms with E-state index in [9.17, 15) is 0 Å². The molecule has 0 aliphatic heterocycles. The highest BCUT2D eigenvalue weighted by atomic mass is 14.5. The van der Waals surface area contributed by atoms with Crippen molar-refractivity contribution in [3.63, 3.8) is 0 Å². The Labute approximate surface area is 101 Å². The van der Waals surface area contributed by atoms with Crippen LogP contribution >= 0.6 is 0 Å². The maximum Gasteiger partial charge on any atom is -0.00773 e. The molecule has 16 heavy (non-hydrogen) atoms. The molecule has 3 fully saturated rings. The molecule has 3 rings (SSSR count). The van der Waals surface area contributed by atoms with Gasteiger partial charge < -0.3 is 5.73 Å². The van der Waals surface area contributed by atoms with Crippen LogP contribution in [0.15, 0.2) is 0 Å². The Bertz CT molecular complexity index is 207. The third-order valence-electron chi connectivity index (χ3n) is 5.85. The fraction of sp³-hybridized carbons (Fsp3) is 1.00. The molecule has 1 nitrogen and oxygen atoms in total. The van der Waals surface area contributed by atoms with Crippen molar-refractivity contribution in [2.75, 3.05) is 6.54 Å². The fourth-order valence-corrected chi connectivity index (χ4v) is 4.18. The highest BCUT2D eigenvalue weighted by molar-refractivity contribution is 5.00. The van der Waals surface area contributed by atoms with Crippen LogP contribution in [0.1, 0.15) is 71.6 Å². The summed E-state index contributed by atoms with van der Waals surface area (Å²) in [6, 6.07) is 0. The van der Waals surface area contributed by atoms with Crippen molar-refractivity contribution in [1.82, 2.24) is 0 Å². The van der Waals surface area contributed by atoms with E-state index in [4.69, 9.17) is 5.73 Å². The van der Waals surface area contributed by atoms with Crippen molar-refractivity contribution in [2.24, 2.45) is 22.5 Å². The lowest BCUT2D eigenvalue weighted by atomic mass is 9.50. The Kier molecular flexibility index (Phi) is 3.63. The van der Waals surface area contributed by atoms with E-state index < -0.39 is 0 Å². The summed E-state index contributed by atoms with van der Waals surface area (Å²) in [7, 11) is 0. The molecule has 0 spiro atoms. The molecule has 0 amide bonds. The first-order chi connectivity index (χ1) is 7.63. The Balaban J connectivity index is 1.90. The van der Waals surface area contributed by atoms with Gasteiger partial charge in [0.05, 0.1) is 0 Å². The maximum absolute atomic E-state index is 5.60. The van der Waals surface area contributed by atoms with Gasteiger partial charge in [-0.25, -0.2) is 0 Å². The van der Waals surface area contributed by atoms with Crippen molar-refractivity contribution >= 4 is 0 Å². The van der Waals surface area contributed by atoms with E-state index in [1.807, 2.05) is 0 Å². The minimum Gasteiger partial charge on any atom is -0.330 e.